The highest BCUT2D eigenvalue weighted by atomic mass is 16.5. The number of ether oxygens (including phenoxy) is 1. The van der Waals surface area contributed by atoms with E-state index in [2.05, 4.69) is 9.97 Å². The SMILES string of the molecule is Cc1cccc(C)c1OC(=O)c1ccc2nc(C)c(C)nc2c1. The molecule has 0 spiro atoms. The van der Waals surface area contributed by atoms with Gasteiger partial charge in [-0.3, -0.25) is 0 Å². The van der Waals surface area contributed by atoms with E-state index in [-0.39, 0.29) is 5.97 Å². The van der Waals surface area contributed by atoms with Crippen LogP contribution in [0.15, 0.2) is 36.4 Å². The van der Waals surface area contributed by atoms with Crippen molar-refractivity contribution >= 4 is 17.0 Å². The Labute approximate surface area is 135 Å². The summed E-state index contributed by atoms with van der Waals surface area (Å²) in [6.07, 6.45) is 0. The van der Waals surface area contributed by atoms with Crippen molar-refractivity contribution in [1.29, 1.82) is 0 Å². The molecule has 0 radical (unpaired) electrons. The summed E-state index contributed by atoms with van der Waals surface area (Å²) >= 11 is 0. The minimum Gasteiger partial charge on any atom is -0.422 e. The Morgan fingerprint density at radius 2 is 1.48 bits per heavy atom. The number of fused-ring (bicyclic) bond motifs is 1. The molecule has 0 N–H and O–H groups in total. The van der Waals surface area contributed by atoms with Crippen LogP contribution in [0.3, 0.4) is 0 Å². The van der Waals surface area contributed by atoms with Gasteiger partial charge in [0.05, 0.1) is 28.0 Å². The van der Waals surface area contributed by atoms with E-state index in [1.165, 1.54) is 0 Å². The van der Waals surface area contributed by atoms with E-state index in [0.717, 1.165) is 28.0 Å². The summed E-state index contributed by atoms with van der Waals surface area (Å²) in [6.45, 7) is 7.68. The van der Waals surface area contributed by atoms with Crippen LogP contribution in [-0.2, 0) is 0 Å². The number of hydrogen-bond acceptors (Lipinski definition) is 4. The van der Waals surface area contributed by atoms with Crippen LogP contribution < -0.4 is 4.74 Å². The summed E-state index contributed by atoms with van der Waals surface area (Å²) in [5.41, 5.74) is 5.57. The van der Waals surface area contributed by atoms with Crippen LogP contribution in [0.2, 0.25) is 0 Å². The molecule has 0 aliphatic heterocycles. The molecule has 0 fully saturated rings. The molecule has 116 valence electrons. The Balaban J connectivity index is 1.96. The number of esters is 1. The summed E-state index contributed by atoms with van der Waals surface area (Å²) in [4.78, 5) is 21.4. The van der Waals surface area contributed by atoms with Crippen molar-refractivity contribution in [3.05, 3.63) is 64.5 Å². The third kappa shape index (κ3) is 2.93. The van der Waals surface area contributed by atoms with E-state index < -0.39 is 0 Å². The van der Waals surface area contributed by atoms with E-state index in [9.17, 15) is 4.79 Å². The lowest BCUT2D eigenvalue weighted by Crippen LogP contribution is -2.10. The van der Waals surface area contributed by atoms with Crippen LogP contribution in [0.1, 0.15) is 32.9 Å². The lowest BCUT2D eigenvalue weighted by Gasteiger charge is -2.10. The lowest BCUT2D eigenvalue weighted by atomic mass is 10.1. The first-order chi connectivity index (χ1) is 11.0. The molecule has 0 saturated carbocycles. The van der Waals surface area contributed by atoms with Crippen molar-refractivity contribution in [2.75, 3.05) is 0 Å². The number of hydrogen-bond donors (Lipinski definition) is 0. The second kappa shape index (κ2) is 5.80. The maximum atomic E-state index is 12.4. The average molecular weight is 306 g/mol. The Kier molecular flexibility index (Phi) is 3.82. The highest BCUT2D eigenvalue weighted by molar-refractivity contribution is 5.95. The van der Waals surface area contributed by atoms with Crippen LogP contribution >= 0.6 is 0 Å². The molecule has 23 heavy (non-hydrogen) atoms. The molecule has 0 aliphatic carbocycles. The van der Waals surface area contributed by atoms with Gasteiger partial charge in [-0.15, -0.1) is 0 Å². The van der Waals surface area contributed by atoms with Gasteiger partial charge in [0.1, 0.15) is 5.75 Å². The van der Waals surface area contributed by atoms with E-state index in [1.807, 2.05) is 45.9 Å². The van der Waals surface area contributed by atoms with Gasteiger partial charge in [-0.25, -0.2) is 14.8 Å². The summed E-state index contributed by atoms with van der Waals surface area (Å²) in [5.74, 6) is 0.230. The Morgan fingerprint density at radius 3 is 2.13 bits per heavy atom. The maximum Gasteiger partial charge on any atom is 0.343 e. The molecule has 4 heteroatoms. The van der Waals surface area contributed by atoms with E-state index in [4.69, 9.17) is 4.74 Å². The monoisotopic (exact) mass is 306 g/mol. The molecule has 0 amide bonds. The fourth-order valence-corrected chi connectivity index (χ4v) is 2.47. The zero-order chi connectivity index (χ0) is 16.6. The number of aromatic nitrogens is 2. The Morgan fingerprint density at radius 1 is 0.870 bits per heavy atom. The van der Waals surface area contributed by atoms with E-state index in [1.54, 1.807) is 18.2 Å². The first kappa shape index (κ1) is 15.2. The molecule has 1 heterocycles. The second-order valence-corrected chi connectivity index (χ2v) is 5.71. The van der Waals surface area contributed by atoms with Crippen LogP contribution in [-0.4, -0.2) is 15.9 Å². The van der Waals surface area contributed by atoms with Gasteiger partial charge in [0.25, 0.3) is 0 Å². The molecule has 2 aromatic carbocycles. The van der Waals surface area contributed by atoms with Crippen molar-refractivity contribution in [3.63, 3.8) is 0 Å². The molecule has 3 aromatic rings. The number of carbonyl (C=O) groups is 1. The second-order valence-electron chi connectivity index (χ2n) is 5.71. The summed E-state index contributed by atoms with van der Waals surface area (Å²) in [7, 11) is 0. The van der Waals surface area contributed by atoms with E-state index in [0.29, 0.717) is 16.8 Å². The number of nitrogens with zero attached hydrogens (tertiary/aromatic N) is 2. The zero-order valence-corrected chi connectivity index (χ0v) is 13.7. The molecular weight excluding hydrogens is 288 g/mol. The Bertz CT molecular complexity index is 896. The predicted octanol–water partition coefficient (Wildman–Crippen LogP) is 4.08. The normalized spacial score (nSPS) is 10.8. The third-order valence-electron chi connectivity index (χ3n) is 3.91. The number of para-hydroxylation sites is 1. The topological polar surface area (TPSA) is 52.1 Å². The van der Waals surface area contributed by atoms with E-state index >= 15 is 0 Å². The van der Waals surface area contributed by atoms with Gasteiger partial charge in [0.2, 0.25) is 0 Å². The van der Waals surface area contributed by atoms with Crippen LogP contribution in [0, 0.1) is 27.7 Å². The van der Waals surface area contributed by atoms with Crippen molar-refractivity contribution in [3.8, 4) is 5.75 Å². The standard InChI is InChI=1S/C19H18N2O2/c1-11-6-5-7-12(2)18(11)23-19(22)15-8-9-16-17(10-15)21-14(4)13(3)20-16/h5-10H,1-4H3. The third-order valence-corrected chi connectivity index (χ3v) is 3.91. The molecule has 0 bridgehead atoms. The maximum absolute atomic E-state index is 12.4. The van der Waals surface area contributed by atoms with Gasteiger partial charge in [-0.2, -0.15) is 0 Å². The summed E-state index contributed by atoms with van der Waals surface area (Å²) in [5, 5.41) is 0. The molecular formula is C19H18N2O2. The molecule has 3 rings (SSSR count). The number of carbonyl (C=O) groups excluding carboxylic acids is 1. The highest BCUT2D eigenvalue weighted by Gasteiger charge is 2.13. The average Bonchev–Trinajstić information content (AvgIpc) is 2.51. The lowest BCUT2D eigenvalue weighted by molar-refractivity contribution is 0.0732. The van der Waals surface area contributed by atoms with Gasteiger partial charge < -0.3 is 4.74 Å². The first-order valence-electron chi connectivity index (χ1n) is 7.49. The van der Waals surface area contributed by atoms with Gasteiger partial charge in [0.15, 0.2) is 0 Å². The van der Waals surface area contributed by atoms with Gasteiger partial charge in [0, 0.05) is 0 Å². The predicted molar refractivity (Wildman–Crippen MR) is 89.9 cm³/mol. The number of aryl methyl sites for hydroxylation is 4. The molecule has 0 saturated heterocycles. The highest BCUT2D eigenvalue weighted by Crippen LogP contribution is 2.24. The first-order valence-corrected chi connectivity index (χ1v) is 7.49. The van der Waals surface area contributed by atoms with Gasteiger partial charge in [-0.05, 0) is 57.0 Å². The molecule has 0 aliphatic rings. The fraction of sp³-hybridized carbons (Fsp3) is 0.211. The van der Waals surface area contributed by atoms with Crippen LogP contribution in [0.5, 0.6) is 5.75 Å². The largest absolute Gasteiger partial charge is 0.422 e. The van der Waals surface area contributed by atoms with Crippen molar-refractivity contribution in [2.24, 2.45) is 0 Å². The quantitative estimate of drug-likeness (QED) is 0.529. The number of rotatable bonds is 2. The molecule has 4 nitrogen and oxygen atoms in total. The smallest absolute Gasteiger partial charge is 0.343 e. The molecule has 0 unspecified atom stereocenters. The summed E-state index contributed by atoms with van der Waals surface area (Å²) < 4.78 is 5.58. The van der Waals surface area contributed by atoms with Crippen molar-refractivity contribution < 1.29 is 9.53 Å². The van der Waals surface area contributed by atoms with Gasteiger partial charge in [-0.1, -0.05) is 18.2 Å². The fourth-order valence-electron chi connectivity index (χ4n) is 2.47. The number of benzene rings is 2. The van der Waals surface area contributed by atoms with Crippen LogP contribution in [0.25, 0.3) is 11.0 Å². The minimum atomic E-state index is -0.385. The van der Waals surface area contributed by atoms with Crippen molar-refractivity contribution in [1.82, 2.24) is 9.97 Å². The van der Waals surface area contributed by atoms with Gasteiger partial charge >= 0.3 is 5.97 Å². The minimum absolute atomic E-state index is 0.385. The Hall–Kier alpha value is -2.75. The molecule has 1 aromatic heterocycles. The van der Waals surface area contributed by atoms with Crippen LogP contribution in [0.4, 0.5) is 0 Å². The van der Waals surface area contributed by atoms with Crippen molar-refractivity contribution in [2.45, 2.75) is 27.7 Å². The summed E-state index contributed by atoms with van der Waals surface area (Å²) in [6, 6.07) is 11.0. The zero-order valence-electron chi connectivity index (χ0n) is 13.7. The molecule has 0 atom stereocenters.